The molecular weight excluding hydrogens is 174 g/mol. The Hall–Kier alpha value is -1.90. The second-order valence-electron chi connectivity index (χ2n) is 3.37. The van der Waals surface area contributed by atoms with Crippen LogP contribution in [0.3, 0.4) is 0 Å². The van der Waals surface area contributed by atoms with Gasteiger partial charge in [-0.1, -0.05) is 18.2 Å². The van der Waals surface area contributed by atoms with Crippen molar-refractivity contribution in [2.24, 2.45) is 7.05 Å². The van der Waals surface area contributed by atoms with E-state index in [2.05, 4.69) is 22.2 Å². The Balaban J connectivity index is 2.57. The standard InChI is InChI=1S/C11H9N3/c1-14-6-8-4-2-3-5-9-10(8)11(14)13-7-12-9/h2-7H,1H3. The molecule has 0 radical (unpaired) electrons. The van der Waals surface area contributed by atoms with E-state index in [9.17, 15) is 0 Å². The van der Waals surface area contributed by atoms with E-state index in [1.165, 1.54) is 5.56 Å². The van der Waals surface area contributed by atoms with Gasteiger partial charge in [-0.3, -0.25) is 0 Å². The second-order valence-corrected chi connectivity index (χ2v) is 3.37. The summed E-state index contributed by atoms with van der Waals surface area (Å²) in [7, 11) is 2.00. The van der Waals surface area contributed by atoms with Crippen molar-refractivity contribution in [1.82, 2.24) is 14.5 Å². The minimum absolute atomic E-state index is 0.987. The minimum atomic E-state index is 0.987. The molecule has 3 heteroatoms. The highest BCUT2D eigenvalue weighted by Gasteiger charge is 2.10. The van der Waals surface area contributed by atoms with Crippen molar-refractivity contribution in [3.8, 4) is 0 Å². The van der Waals surface area contributed by atoms with Gasteiger partial charge < -0.3 is 4.57 Å². The van der Waals surface area contributed by atoms with Gasteiger partial charge in [0.25, 0.3) is 0 Å². The molecule has 1 aliphatic rings. The first-order valence-corrected chi connectivity index (χ1v) is 4.51. The molecule has 2 aromatic heterocycles. The van der Waals surface area contributed by atoms with Gasteiger partial charge in [0.05, 0.1) is 11.1 Å². The van der Waals surface area contributed by atoms with E-state index in [1.54, 1.807) is 6.33 Å². The summed E-state index contributed by atoms with van der Waals surface area (Å²) in [6.07, 6.45) is 11.8. The predicted molar refractivity (Wildman–Crippen MR) is 56.6 cm³/mol. The third kappa shape index (κ3) is 0.865. The summed E-state index contributed by atoms with van der Waals surface area (Å²) in [4.78, 5) is 8.53. The maximum Gasteiger partial charge on any atom is 0.144 e. The fraction of sp³-hybridized carbons (Fsp3) is 0.0909. The summed E-state index contributed by atoms with van der Waals surface area (Å²) < 4.78 is 2.03. The lowest BCUT2D eigenvalue weighted by molar-refractivity contribution is 0.942. The highest BCUT2D eigenvalue weighted by molar-refractivity contribution is 5.94. The number of aromatic nitrogens is 3. The molecule has 14 heavy (non-hydrogen) atoms. The van der Waals surface area contributed by atoms with Crippen molar-refractivity contribution in [2.75, 3.05) is 0 Å². The highest BCUT2D eigenvalue weighted by Crippen LogP contribution is 2.25. The van der Waals surface area contributed by atoms with Crippen LogP contribution in [0.2, 0.25) is 0 Å². The summed E-state index contributed by atoms with van der Waals surface area (Å²) in [5, 5.41) is 1.14. The molecule has 1 aliphatic carbocycles. The van der Waals surface area contributed by atoms with Gasteiger partial charge in [0.15, 0.2) is 0 Å². The van der Waals surface area contributed by atoms with Crippen LogP contribution in [0, 0.1) is 0 Å². The Morgan fingerprint density at radius 3 is 2.93 bits per heavy atom. The lowest BCUT2D eigenvalue weighted by Crippen LogP contribution is -1.90. The molecule has 0 atom stereocenters. The number of allylic oxidation sites excluding steroid dienone is 2. The third-order valence-corrected chi connectivity index (χ3v) is 2.45. The molecule has 0 aromatic carbocycles. The van der Waals surface area contributed by atoms with Crippen LogP contribution in [0.15, 0.2) is 24.7 Å². The minimum Gasteiger partial charge on any atom is -0.335 e. The van der Waals surface area contributed by atoms with Crippen LogP contribution >= 0.6 is 0 Å². The van der Waals surface area contributed by atoms with Crippen molar-refractivity contribution in [3.63, 3.8) is 0 Å². The maximum atomic E-state index is 4.27. The largest absolute Gasteiger partial charge is 0.335 e. The van der Waals surface area contributed by atoms with Crippen LogP contribution in [0.5, 0.6) is 0 Å². The Labute approximate surface area is 81.4 Å². The first-order chi connectivity index (χ1) is 6.86. The predicted octanol–water partition coefficient (Wildman–Crippen LogP) is 2.01. The molecule has 2 aromatic rings. The van der Waals surface area contributed by atoms with Crippen molar-refractivity contribution < 1.29 is 0 Å². The highest BCUT2D eigenvalue weighted by atomic mass is 15.0. The monoisotopic (exact) mass is 183 g/mol. The van der Waals surface area contributed by atoms with Crippen LogP contribution in [0.4, 0.5) is 0 Å². The molecule has 0 spiro atoms. The average molecular weight is 183 g/mol. The smallest absolute Gasteiger partial charge is 0.144 e. The van der Waals surface area contributed by atoms with E-state index in [0.717, 1.165) is 16.7 Å². The van der Waals surface area contributed by atoms with E-state index in [1.807, 2.05) is 29.8 Å². The zero-order valence-corrected chi connectivity index (χ0v) is 7.81. The fourth-order valence-corrected chi connectivity index (χ4v) is 1.83. The molecular formula is C11H9N3. The Morgan fingerprint density at radius 1 is 1.14 bits per heavy atom. The lowest BCUT2D eigenvalue weighted by atomic mass is 10.2. The van der Waals surface area contributed by atoms with Crippen LogP contribution in [0.25, 0.3) is 23.2 Å². The van der Waals surface area contributed by atoms with Gasteiger partial charge in [-0.05, 0) is 6.08 Å². The van der Waals surface area contributed by atoms with E-state index in [4.69, 9.17) is 0 Å². The summed E-state index contributed by atoms with van der Waals surface area (Å²) in [6.45, 7) is 0. The molecule has 0 amide bonds. The topological polar surface area (TPSA) is 30.7 Å². The molecule has 0 bridgehead atoms. The summed E-state index contributed by atoms with van der Waals surface area (Å²) in [5.74, 6) is 0. The van der Waals surface area contributed by atoms with Crippen LogP contribution in [-0.2, 0) is 7.05 Å². The molecule has 2 heterocycles. The zero-order chi connectivity index (χ0) is 9.54. The van der Waals surface area contributed by atoms with Crippen LogP contribution in [0.1, 0.15) is 11.3 Å². The van der Waals surface area contributed by atoms with Gasteiger partial charge in [0.2, 0.25) is 0 Å². The molecule has 0 saturated carbocycles. The molecule has 3 nitrogen and oxygen atoms in total. The van der Waals surface area contributed by atoms with Gasteiger partial charge >= 0.3 is 0 Å². The van der Waals surface area contributed by atoms with Gasteiger partial charge in [-0.15, -0.1) is 0 Å². The van der Waals surface area contributed by atoms with Crippen molar-refractivity contribution >= 4 is 23.2 Å². The molecule has 0 fully saturated rings. The normalized spacial score (nSPS) is 13.5. The first kappa shape index (κ1) is 7.50. The van der Waals surface area contributed by atoms with Crippen molar-refractivity contribution in [3.05, 3.63) is 35.9 Å². The van der Waals surface area contributed by atoms with E-state index >= 15 is 0 Å². The average Bonchev–Trinajstić information content (AvgIpc) is 2.41. The fourth-order valence-electron chi connectivity index (χ4n) is 1.83. The second kappa shape index (κ2) is 2.54. The van der Waals surface area contributed by atoms with Crippen molar-refractivity contribution in [2.45, 2.75) is 0 Å². The number of nitrogens with zero attached hydrogens (tertiary/aromatic N) is 3. The third-order valence-electron chi connectivity index (χ3n) is 2.45. The van der Waals surface area contributed by atoms with E-state index in [0.29, 0.717) is 0 Å². The molecule has 0 saturated heterocycles. The lowest BCUT2D eigenvalue weighted by Gasteiger charge is -1.96. The van der Waals surface area contributed by atoms with Gasteiger partial charge in [0.1, 0.15) is 12.0 Å². The number of hydrogen-bond acceptors (Lipinski definition) is 2. The Kier molecular flexibility index (Phi) is 1.36. The van der Waals surface area contributed by atoms with Gasteiger partial charge in [0, 0.05) is 18.8 Å². The van der Waals surface area contributed by atoms with Crippen LogP contribution < -0.4 is 0 Å². The summed E-state index contributed by atoms with van der Waals surface area (Å²) in [5.41, 5.74) is 3.17. The molecule has 0 N–H and O–H groups in total. The Bertz CT molecular complexity index is 561. The van der Waals surface area contributed by atoms with E-state index < -0.39 is 0 Å². The molecule has 0 unspecified atom stereocenters. The van der Waals surface area contributed by atoms with E-state index in [-0.39, 0.29) is 0 Å². The summed E-state index contributed by atoms with van der Waals surface area (Å²) >= 11 is 0. The number of hydrogen-bond donors (Lipinski definition) is 0. The molecule has 3 rings (SSSR count). The molecule has 68 valence electrons. The zero-order valence-electron chi connectivity index (χ0n) is 7.81. The number of rotatable bonds is 0. The SMILES string of the molecule is Cn1cc2c3c(ncnc31)C=CC=C2. The van der Waals surface area contributed by atoms with Crippen LogP contribution in [-0.4, -0.2) is 14.5 Å². The van der Waals surface area contributed by atoms with Crippen molar-refractivity contribution in [1.29, 1.82) is 0 Å². The maximum absolute atomic E-state index is 4.27. The molecule has 0 aliphatic heterocycles. The van der Waals surface area contributed by atoms with Gasteiger partial charge in [-0.2, -0.15) is 0 Å². The summed E-state index contributed by atoms with van der Waals surface area (Å²) in [6, 6.07) is 0. The quantitative estimate of drug-likeness (QED) is 0.625. The Morgan fingerprint density at radius 2 is 2.00 bits per heavy atom. The first-order valence-electron chi connectivity index (χ1n) is 4.51. The number of aryl methyl sites for hydroxylation is 1. The van der Waals surface area contributed by atoms with Gasteiger partial charge in [-0.25, -0.2) is 9.97 Å².